The highest BCUT2D eigenvalue weighted by molar-refractivity contribution is 6.30. The largest absolute Gasteiger partial charge is 0.491 e. The molecule has 1 aromatic rings. The monoisotopic (exact) mass is 311 g/mol. The molecule has 0 aliphatic carbocycles. The molecule has 1 aromatic carbocycles. The molecule has 2 rings (SSSR count). The first kappa shape index (κ1) is 16.6. The number of hydrogen-bond acceptors (Lipinski definition) is 3. The Bertz CT molecular complexity index is 456. The normalized spacial score (nSPS) is 24.8. The second-order valence-corrected chi connectivity index (χ2v) is 6.64. The molecule has 118 valence electrons. The van der Waals surface area contributed by atoms with Crippen molar-refractivity contribution in [1.82, 2.24) is 4.90 Å². The summed E-state index contributed by atoms with van der Waals surface area (Å²) in [5.41, 5.74) is 0.995. The van der Waals surface area contributed by atoms with Crippen LogP contribution in [0.4, 0.5) is 0 Å². The minimum atomic E-state index is -0.469. The van der Waals surface area contributed by atoms with E-state index in [0.29, 0.717) is 30.3 Å². The molecule has 1 N–H and O–H groups in total. The summed E-state index contributed by atoms with van der Waals surface area (Å²) >= 11 is 5.93. The molecule has 0 aromatic heterocycles. The molecule has 4 heteroatoms. The first-order valence-corrected chi connectivity index (χ1v) is 8.18. The molecule has 3 atom stereocenters. The van der Waals surface area contributed by atoms with Crippen molar-refractivity contribution < 1.29 is 9.84 Å². The molecule has 0 unspecified atom stereocenters. The molecule has 3 nitrogen and oxygen atoms in total. The highest BCUT2D eigenvalue weighted by Crippen LogP contribution is 2.24. The molecule has 0 radical (unpaired) electrons. The molecule has 0 amide bonds. The smallest absolute Gasteiger partial charge is 0.122 e. The zero-order valence-electron chi connectivity index (χ0n) is 13.2. The van der Waals surface area contributed by atoms with E-state index in [9.17, 15) is 5.11 Å². The summed E-state index contributed by atoms with van der Waals surface area (Å²) in [6.45, 7) is 7.44. The van der Waals surface area contributed by atoms with Gasteiger partial charge in [-0.2, -0.15) is 0 Å². The van der Waals surface area contributed by atoms with Gasteiger partial charge in [-0.1, -0.05) is 18.0 Å². The average molecular weight is 312 g/mol. The molecule has 1 aliphatic rings. The van der Waals surface area contributed by atoms with Gasteiger partial charge in [0.25, 0.3) is 0 Å². The number of aliphatic hydroxyl groups excluding tert-OH is 1. The number of β-amino-alcohol motifs (C(OH)–C–C–N with tert-alkyl or cyclic N) is 1. The third-order valence-corrected chi connectivity index (χ3v) is 4.60. The van der Waals surface area contributed by atoms with Crippen LogP contribution in [0.1, 0.15) is 38.7 Å². The van der Waals surface area contributed by atoms with Crippen molar-refractivity contribution in [1.29, 1.82) is 0 Å². The predicted molar refractivity (Wildman–Crippen MR) is 87.2 cm³/mol. The van der Waals surface area contributed by atoms with E-state index >= 15 is 0 Å². The van der Waals surface area contributed by atoms with Crippen molar-refractivity contribution in [2.75, 3.05) is 13.2 Å². The number of aryl methyl sites for hydroxylation is 1. The van der Waals surface area contributed by atoms with Crippen molar-refractivity contribution in [3.05, 3.63) is 28.8 Å². The van der Waals surface area contributed by atoms with Gasteiger partial charge >= 0.3 is 0 Å². The number of ether oxygens (including phenoxy) is 1. The number of rotatable bonds is 5. The van der Waals surface area contributed by atoms with Gasteiger partial charge in [0.1, 0.15) is 18.5 Å². The maximum atomic E-state index is 10.3. The maximum Gasteiger partial charge on any atom is 0.122 e. The number of aliphatic hydroxyl groups is 1. The fourth-order valence-electron chi connectivity index (χ4n) is 3.09. The van der Waals surface area contributed by atoms with Crippen LogP contribution >= 0.6 is 11.6 Å². The molecule has 0 saturated carbocycles. The Morgan fingerprint density at radius 2 is 2.00 bits per heavy atom. The van der Waals surface area contributed by atoms with Crippen LogP contribution in [-0.4, -0.2) is 41.3 Å². The van der Waals surface area contributed by atoms with E-state index < -0.39 is 6.10 Å². The van der Waals surface area contributed by atoms with Crippen LogP contribution in [0.25, 0.3) is 0 Å². The van der Waals surface area contributed by atoms with E-state index in [1.54, 1.807) is 0 Å². The van der Waals surface area contributed by atoms with Crippen LogP contribution in [0.3, 0.4) is 0 Å². The van der Waals surface area contributed by atoms with Gasteiger partial charge in [0, 0.05) is 23.7 Å². The van der Waals surface area contributed by atoms with Crippen molar-refractivity contribution in [3.63, 3.8) is 0 Å². The third-order valence-electron chi connectivity index (χ3n) is 4.37. The third kappa shape index (κ3) is 4.60. The highest BCUT2D eigenvalue weighted by Gasteiger charge is 2.26. The van der Waals surface area contributed by atoms with Crippen molar-refractivity contribution >= 4 is 11.6 Å². The summed E-state index contributed by atoms with van der Waals surface area (Å²) in [6.07, 6.45) is 3.25. The molecular weight excluding hydrogens is 286 g/mol. The Labute approximate surface area is 132 Å². The van der Waals surface area contributed by atoms with E-state index in [1.165, 1.54) is 19.3 Å². The van der Waals surface area contributed by atoms with Crippen molar-refractivity contribution in [3.8, 4) is 5.75 Å². The van der Waals surface area contributed by atoms with Crippen molar-refractivity contribution in [2.24, 2.45) is 0 Å². The Hall–Kier alpha value is -0.770. The fraction of sp³-hybridized carbons (Fsp3) is 0.647. The van der Waals surface area contributed by atoms with E-state index in [2.05, 4.69) is 18.7 Å². The second-order valence-electron chi connectivity index (χ2n) is 6.20. The lowest BCUT2D eigenvalue weighted by Gasteiger charge is -2.40. The first-order valence-electron chi connectivity index (χ1n) is 7.80. The molecule has 1 aliphatic heterocycles. The predicted octanol–water partition coefficient (Wildman–Crippen LogP) is 3.65. The molecule has 1 heterocycles. The fourth-order valence-corrected chi connectivity index (χ4v) is 3.32. The number of likely N-dealkylation sites (tertiary alicyclic amines) is 1. The second kappa shape index (κ2) is 7.48. The zero-order valence-corrected chi connectivity index (χ0v) is 13.9. The summed E-state index contributed by atoms with van der Waals surface area (Å²) in [5.74, 6) is 0.790. The first-order chi connectivity index (χ1) is 9.97. The summed E-state index contributed by atoms with van der Waals surface area (Å²) < 4.78 is 5.73. The summed E-state index contributed by atoms with van der Waals surface area (Å²) in [7, 11) is 0. The van der Waals surface area contributed by atoms with Gasteiger partial charge in [0.2, 0.25) is 0 Å². The molecule has 0 spiro atoms. The lowest BCUT2D eigenvalue weighted by atomic mass is 9.97. The van der Waals surface area contributed by atoms with Crippen LogP contribution in [0.2, 0.25) is 5.02 Å². The molecule has 1 fully saturated rings. The van der Waals surface area contributed by atoms with E-state index in [1.807, 2.05) is 25.1 Å². The summed E-state index contributed by atoms with van der Waals surface area (Å²) in [5, 5.41) is 11.0. The van der Waals surface area contributed by atoms with Crippen LogP contribution < -0.4 is 4.74 Å². The van der Waals surface area contributed by atoms with E-state index in [-0.39, 0.29) is 0 Å². The number of benzene rings is 1. The molecule has 21 heavy (non-hydrogen) atoms. The summed E-state index contributed by atoms with van der Waals surface area (Å²) in [4.78, 5) is 2.40. The van der Waals surface area contributed by atoms with Gasteiger partial charge < -0.3 is 9.84 Å². The average Bonchev–Trinajstić information content (AvgIpc) is 2.42. The van der Waals surface area contributed by atoms with Gasteiger partial charge in [0.15, 0.2) is 0 Å². The van der Waals surface area contributed by atoms with Gasteiger partial charge in [-0.25, -0.2) is 0 Å². The number of hydrogen-bond donors (Lipinski definition) is 1. The lowest BCUT2D eigenvalue weighted by molar-refractivity contribution is 0.0208. The van der Waals surface area contributed by atoms with Gasteiger partial charge in [-0.3, -0.25) is 4.90 Å². The number of halogens is 1. The maximum absolute atomic E-state index is 10.3. The summed E-state index contributed by atoms with van der Waals surface area (Å²) in [6, 6.07) is 6.63. The highest BCUT2D eigenvalue weighted by atomic mass is 35.5. The molecule has 1 saturated heterocycles. The van der Waals surface area contributed by atoms with Crippen LogP contribution in [-0.2, 0) is 0 Å². The van der Waals surface area contributed by atoms with Gasteiger partial charge in [0.05, 0.1) is 0 Å². The quantitative estimate of drug-likeness (QED) is 0.901. The number of nitrogens with zero attached hydrogens (tertiary/aromatic N) is 1. The zero-order chi connectivity index (χ0) is 15.4. The minimum absolute atomic E-state index is 0.318. The number of piperidine rings is 1. The van der Waals surface area contributed by atoms with Gasteiger partial charge in [-0.05, 0) is 57.4 Å². The van der Waals surface area contributed by atoms with E-state index in [4.69, 9.17) is 16.3 Å². The topological polar surface area (TPSA) is 32.7 Å². The Kier molecular flexibility index (Phi) is 5.91. The standard InChI is InChI=1S/C17H26ClNO2/c1-12-9-15(18)7-8-17(12)21-11-16(20)10-19-13(2)5-4-6-14(19)3/h7-9,13-14,16,20H,4-6,10-11H2,1-3H3/t13-,14-,16+/m0/s1. The van der Waals surface area contributed by atoms with Crippen LogP contribution in [0.5, 0.6) is 5.75 Å². The van der Waals surface area contributed by atoms with Crippen LogP contribution in [0, 0.1) is 6.92 Å². The van der Waals surface area contributed by atoms with Crippen molar-refractivity contribution in [2.45, 2.75) is 58.2 Å². The van der Waals surface area contributed by atoms with Gasteiger partial charge in [-0.15, -0.1) is 0 Å². The van der Waals surface area contributed by atoms with E-state index in [0.717, 1.165) is 11.3 Å². The minimum Gasteiger partial charge on any atom is -0.491 e. The Balaban J connectivity index is 1.85. The Morgan fingerprint density at radius 3 is 2.62 bits per heavy atom. The molecule has 0 bridgehead atoms. The Morgan fingerprint density at radius 1 is 1.33 bits per heavy atom. The lowest BCUT2D eigenvalue weighted by Crippen LogP contribution is -2.48. The SMILES string of the molecule is Cc1cc(Cl)ccc1OC[C@H](O)CN1[C@@H](C)CCC[C@@H]1C. The molecular formula is C17H26ClNO2. The van der Waals surface area contributed by atoms with Crippen LogP contribution in [0.15, 0.2) is 18.2 Å².